The monoisotopic (exact) mass is 1810 g/mol. The summed E-state index contributed by atoms with van der Waals surface area (Å²) in [5.41, 5.74) is 22.6. The van der Waals surface area contributed by atoms with Gasteiger partial charge in [0.15, 0.2) is 5.78 Å². The minimum Gasteiger partial charge on any atom is -0.295 e. The molecule has 14 aromatic rings. The van der Waals surface area contributed by atoms with E-state index >= 15 is 0 Å². The second kappa shape index (κ2) is 61.8. The predicted molar refractivity (Wildman–Crippen MR) is 514 cm³/mol. The first-order valence-corrected chi connectivity index (χ1v) is 41.3. The number of ketones is 1. The van der Waals surface area contributed by atoms with E-state index in [4.69, 9.17) is 74.9 Å². The lowest BCUT2D eigenvalue weighted by molar-refractivity contribution is -0.384. The number of non-ortho nitro benzene ring substituents is 1. The zero-order chi connectivity index (χ0) is 91.1. The summed E-state index contributed by atoms with van der Waals surface area (Å²) >= 11 is 37.1. The van der Waals surface area contributed by atoms with E-state index in [9.17, 15) is 32.5 Å². The van der Waals surface area contributed by atoms with Gasteiger partial charge < -0.3 is 0 Å². The lowest BCUT2D eigenvalue weighted by Crippen LogP contribution is -1.90. The molecule has 634 valence electrons. The molecule has 0 aliphatic heterocycles. The Kier molecular flexibility index (Phi) is 55.5. The van der Waals surface area contributed by atoms with E-state index in [2.05, 4.69) is 168 Å². The molecule has 0 unspecified atom stereocenters. The van der Waals surface area contributed by atoms with Crippen LogP contribution in [0.3, 0.4) is 0 Å². The average molecular weight is 1820 g/mol. The van der Waals surface area contributed by atoms with E-state index < -0.39 is 16.6 Å². The standard InChI is InChI=1S/C9H10O.C8H9Cl.C8H7N.3C8H10.C7H7Br.C7H6Cl2.C7H6ClF.2C7H7Cl.C7H6F2.C7H7F.C7H7NO2/c1-7-3-5-9(6-4-7)8(2)10;1-6-3-4-8(9)7(2)5-6;1-7-3-2-4-8(5-7)6-9;2*1-7-3-5-8(2)6-4-7;1-7-4-3-5-8(2)6-7;1-6-2-4-7(8)5-3-6;2*1-5-2-3-6(8)7(9)4-5;1-6-2-4-7(8)5-3-6;1-6-3-2-4-7(8)5-6;1-5-2-6(8)4-7(9)3-5;1-6-3-2-4-7(8)5-6;1-6-3-2-4-7(5-6)8(9)10/h3-6H,1-2H3;3-5H,1-2H3;2-5H,1H3;3*3-6H,1-2H3;2-5H,1H3;2*2-4H,1H3;2*2-5H,1H3;2-4H,1H3;2-5H,1H3;2-5H,1H3. The molecule has 0 saturated carbocycles. The molecule has 0 radical (unpaired) electrons. The highest BCUT2D eigenvalue weighted by Crippen LogP contribution is 2.23. The van der Waals surface area contributed by atoms with Crippen LogP contribution in [0.25, 0.3) is 0 Å². The van der Waals surface area contributed by atoms with Gasteiger partial charge in [-0.25, -0.2) is 17.6 Å². The molecule has 0 saturated heterocycles. The second-order valence-electron chi connectivity index (χ2n) is 28.2. The van der Waals surface area contributed by atoms with Crippen molar-refractivity contribution in [3.63, 3.8) is 0 Å². The summed E-state index contributed by atoms with van der Waals surface area (Å²) in [7, 11) is 0. The molecule has 0 bridgehead atoms. The quantitative estimate of drug-likeness (QED) is 0.0747. The van der Waals surface area contributed by atoms with Crippen molar-refractivity contribution in [2.75, 3.05) is 0 Å². The summed E-state index contributed by atoms with van der Waals surface area (Å²) in [4.78, 5) is 20.5. The highest BCUT2D eigenvalue weighted by molar-refractivity contribution is 9.10. The molecule has 0 aliphatic carbocycles. The molecule has 14 rings (SSSR count). The van der Waals surface area contributed by atoms with Gasteiger partial charge in [-0.15, -0.1) is 0 Å². The molecule has 0 heterocycles. The summed E-state index contributed by atoms with van der Waals surface area (Å²) in [6.45, 7) is 37.5. The van der Waals surface area contributed by atoms with E-state index in [0.717, 1.165) is 70.1 Å². The molecule has 0 fully saturated rings. The van der Waals surface area contributed by atoms with Crippen molar-refractivity contribution >= 4 is 97.0 Å². The maximum atomic E-state index is 12.4. The van der Waals surface area contributed by atoms with Gasteiger partial charge in [0.05, 0.1) is 31.6 Å². The molecular weight excluding hydrogens is 1710 g/mol. The molecule has 0 N–H and O–H groups in total. The van der Waals surface area contributed by atoms with Crippen LogP contribution in [0.15, 0.2) is 320 Å². The first-order chi connectivity index (χ1) is 57.0. The van der Waals surface area contributed by atoms with Gasteiger partial charge in [-0.2, -0.15) is 5.26 Å². The molecule has 16 heteroatoms. The Labute approximate surface area is 755 Å². The lowest BCUT2D eigenvalue weighted by Gasteiger charge is -1.96. The van der Waals surface area contributed by atoms with Crippen molar-refractivity contribution in [3.05, 3.63) is 495 Å². The Hall–Kier alpha value is -10.4. The van der Waals surface area contributed by atoms with Crippen molar-refractivity contribution in [1.29, 1.82) is 5.26 Å². The van der Waals surface area contributed by atoms with Crippen LogP contribution in [0.2, 0.25) is 30.1 Å². The van der Waals surface area contributed by atoms with Crippen LogP contribution in [-0.4, -0.2) is 10.7 Å². The Morgan fingerprint density at radius 3 is 0.917 bits per heavy atom. The number of Topliss-reactive ketones (excluding diaryl/α,β-unsaturated/α-hetero) is 1. The number of nitrogens with zero attached hydrogens (tertiary/aromatic N) is 2. The van der Waals surface area contributed by atoms with Crippen molar-refractivity contribution in [2.45, 2.75) is 132 Å². The minimum absolute atomic E-state index is 0.125. The van der Waals surface area contributed by atoms with Crippen LogP contribution in [0.4, 0.5) is 23.2 Å². The molecule has 0 aromatic heterocycles. The van der Waals surface area contributed by atoms with E-state index in [-0.39, 0.29) is 28.1 Å². The van der Waals surface area contributed by atoms with Gasteiger partial charge in [-0.1, -0.05) is 335 Å². The number of nitro groups is 1. The number of carbonyl (C=O) groups is 1. The highest BCUT2D eigenvalue weighted by Gasteiger charge is 2.03. The Bertz CT molecular complexity index is 4790. The van der Waals surface area contributed by atoms with Crippen LogP contribution < -0.4 is 0 Å². The normalized spacial score (nSPS) is 9.33. The number of halogens is 11. The van der Waals surface area contributed by atoms with Gasteiger partial charge in [-0.05, 0) is 279 Å². The highest BCUT2D eigenvalue weighted by atomic mass is 79.9. The van der Waals surface area contributed by atoms with Gasteiger partial charge in [0, 0.05) is 43.3 Å². The van der Waals surface area contributed by atoms with Crippen molar-refractivity contribution < 1.29 is 27.3 Å². The molecule has 121 heavy (non-hydrogen) atoms. The van der Waals surface area contributed by atoms with Crippen LogP contribution in [0.1, 0.15) is 123 Å². The third-order valence-corrected chi connectivity index (χ3v) is 18.4. The Morgan fingerprint density at radius 2 is 0.636 bits per heavy atom. The number of nitriles is 1. The first kappa shape index (κ1) is 109. The zero-order valence-electron chi connectivity index (χ0n) is 72.3. The summed E-state index contributed by atoms with van der Waals surface area (Å²) in [5.74, 6) is -1.43. The fourth-order valence-corrected chi connectivity index (χ4v) is 10.5. The molecule has 0 atom stereocenters. The number of hydrogen-bond acceptors (Lipinski definition) is 4. The Morgan fingerprint density at radius 1 is 0.306 bits per heavy atom. The van der Waals surface area contributed by atoms with Gasteiger partial charge in [0.2, 0.25) is 0 Å². The van der Waals surface area contributed by atoms with Crippen molar-refractivity contribution in [2.24, 2.45) is 0 Å². The number of benzene rings is 14. The second-order valence-corrected chi connectivity index (χ2v) is 31.6. The SMILES string of the molecule is CC(=O)c1ccc(C)cc1.Cc1cc(F)cc(F)c1.Cc1ccc(Br)cc1.Cc1ccc(C)cc1.Cc1ccc(C)cc1.Cc1ccc(Cl)c(C)c1.Cc1ccc(Cl)c(Cl)c1.Cc1ccc(Cl)c(F)c1.Cc1ccc(Cl)cc1.Cc1cccc(C#N)c1.Cc1cccc(C)c1.Cc1cccc(Cl)c1.Cc1cccc(F)c1.Cc1cccc([N+](=O)[O-])c1. The fourth-order valence-electron chi connectivity index (χ4n) is 9.29. The van der Waals surface area contributed by atoms with Crippen molar-refractivity contribution in [3.8, 4) is 6.07 Å². The number of nitro benzene ring substituents is 1. The number of aryl methyl sites for hydroxylation is 18. The van der Waals surface area contributed by atoms with E-state index in [1.165, 1.54) is 97.6 Å². The molecule has 14 aromatic carbocycles. The third-order valence-electron chi connectivity index (χ3n) is 15.9. The maximum Gasteiger partial charge on any atom is 0.269 e. The Balaban J connectivity index is 0.000000652. The zero-order valence-corrected chi connectivity index (χ0v) is 78.4. The van der Waals surface area contributed by atoms with Crippen LogP contribution in [-0.2, 0) is 0 Å². The maximum absolute atomic E-state index is 12.4. The summed E-state index contributed by atoms with van der Waals surface area (Å²) < 4.78 is 50.1. The lowest BCUT2D eigenvalue weighted by atomic mass is 10.1. The smallest absolute Gasteiger partial charge is 0.269 e. The molecule has 0 aliphatic rings. The molecule has 0 spiro atoms. The van der Waals surface area contributed by atoms with E-state index in [0.29, 0.717) is 15.6 Å². The molecule has 0 amide bonds. The largest absolute Gasteiger partial charge is 0.295 e. The van der Waals surface area contributed by atoms with Gasteiger partial charge in [-0.3, -0.25) is 14.9 Å². The fraction of sp³-hybridized carbons (Fsp3) is 0.181. The van der Waals surface area contributed by atoms with Crippen LogP contribution in [0, 0.1) is 169 Å². The minimum atomic E-state index is -0.521. The average Bonchev–Trinajstić information content (AvgIpc) is 0.912. The topological polar surface area (TPSA) is 84.0 Å². The van der Waals surface area contributed by atoms with E-state index in [1.54, 1.807) is 56.3 Å². The molecular formula is C105H109BrCl6F4N2O3. The van der Waals surface area contributed by atoms with Crippen molar-refractivity contribution in [1.82, 2.24) is 0 Å². The summed E-state index contributed by atoms with van der Waals surface area (Å²) in [6, 6.07) is 99.0. The van der Waals surface area contributed by atoms with Crippen LogP contribution in [0.5, 0.6) is 0 Å². The van der Waals surface area contributed by atoms with Gasteiger partial charge >= 0.3 is 0 Å². The number of rotatable bonds is 2. The van der Waals surface area contributed by atoms with Crippen LogP contribution >= 0.6 is 85.5 Å². The first-order valence-electron chi connectivity index (χ1n) is 38.3. The molecule has 5 nitrogen and oxygen atoms in total. The third kappa shape index (κ3) is 55.9. The number of hydrogen-bond donors (Lipinski definition) is 0. The predicted octanol–water partition coefficient (Wildman–Crippen LogP) is 34.4. The summed E-state index contributed by atoms with van der Waals surface area (Å²) in [6.07, 6.45) is 0. The van der Waals surface area contributed by atoms with Gasteiger partial charge in [0.1, 0.15) is 23.3 Å². The van der Waals surface area contributed by atoms with E-state index in [1.807, 2.05) is 202 Å². The summed E-state index contributed by atoms with van der Waals surface area (Å²) in [5, 5.41) is 22.4. The van der Waals surface area contributed by atoms with Gasteiger partial charge in [0.25, 0.3) is 5.69 Å². The number of carbonyl (C=O) groups excluding carboxylic acids is 1.